The molecule has 2 aromatic carbocycles. The number of sulfonamides is 1. The predicted octanol–water partition coefficient (Wildman–Crippen LogP) is 3.54. The highest BCUT2D eigenvalue weighted by atomic mass is 32.2. The molecule has 8 nitrogen and oxygen atoms in total. The van der Waals surface area contributed by atoms with Gasteiger partial charge in [-0.1, -0.05) is 12.1 Å². The van der Waals surface area contributed by atoms with E-state index in [1.165, 1.54) is 4.31 Å². The standard InChI is InChI=1S/C25H32N2O6S/c1-4-32-23-13-12-22(15-18(23)3)34(30,31)27-14-6-7-20(17-27)25(29)26-21-10-8-19(9-11-21)16-24(28)33-5-2/h8-13,15,20H,4-7,14,16-17H2,1-3H3,(H,26,29)/t20-/m0/s1. The Hall–Kier alpha value is -2.91. The number of aryl methyl sites for hydroxylation is 1. The summed E-state index contributed by atoms with van der Waals surface area (Å²) in [5, 5.41) is 2.87. The molecular weight excluding hydrogens is 456 g/mol. The third-order valence-corrected chi connectivity index (χ3v) is 7.58. The number of amides is 1. The van der Waals surface area contributed by atoms with Crippen LogP contribution >= 0.6 is 0 Å². The molecule has 0 spiro atoms. The van der Waals surface area contributed by atoms with Crippen molar-refractivity contribution in [3.05, 3.63) is 53.6 Å². The number of carbonyl (C=O) groups is 2. The number of hydrogen-bond donors (Lipinski definition) is 1. The van der Waals surface area contributed by atoms with Crippen molar-refractivity contribution in [2.75, 3.05) is 31.6 Å². The number of piperidine rings is 1. The Balaban J connectivity index is 1.64. The highest BCUT2D eigenvalue weighted by Crippen LogP contribution is 2.28. The molecule has 0 unspecified atom stereocenters. The summed E-state index contributed by atoms with van der Waals surface area (Å²) in [6, 6.07) is 11.8. The third kappa shape index (κ3) is 6.36. The van der Waals surface area contributed by atoms with Crippen LogP contribution < -0.4 is 10.1 Å². The molecule has 1 heterocycles. The van der Waals surface area contributed by atoms with Crippen LogP contribution in [0.25, 0.3) is 0 Å². The van der Waals surface area contributed by atoms with Gasteiger partial charge in [-0.25, -0.2) is 8.42 Å². The Bertz CT molecular complexity index is 1110. The van der Waals surface area contributed by atoms with E-state index < -0.39 is 15.9 Å². The number of nitrogens with zero attached hydrogens (tertiary/aromatic N) is 1. The molecule has 1 saturated heterocycles. The van der Waals surface area contributed by atoms with E-state index >= 15 is 0 Å². The lowest BCUT2D eigenvalue weighted by atomic mass is 9.98. The summed E-state index contributed by atoms with van der Waals surface area (Å²) in [7, 11) is -3.72. The molecule has 1 N–H and O–H groups in total. The van der Waals surface area contributed by atoms with Crippen molar-refractivity contribution in [1.82, 2.24) is 4.31 Å². The fourth-order valence-electron chi connectivity index (χ4n) is 3.95. The lowest BCUT2D eigenvalue weighted by Gasteiger charge is -2.31. The Labute approximate surface area is 201 Å². The number of rotatable bonds is 9. The monoisotopic (exact) mass is 488 g/mol. The minimum absolute atomic E-state index is 0.126. The Morgan fingerprint density at radius 2 is 1.82 bits per heavy atom. The molecule has 0 saturated carbocycles. The smallest absolute Gasteiger partial charge is 0.310 e. The van der Waals surface area contributed by atoms with E-state index in [0.717, 1.165) is 11.1 Å². The molecule has 0 aliphatic carbocycles. The molecule has 0 bridgehead atoms. The van der Waals surface area contributed by atoms with Crippen LogP contribution in [0.2, 0.25) is 0 Å². The lowest BCUT2D eigenvalue weighted by Crippen LogP contribution is -2.43. The van der Waals surface area contributed by atoms with Gasteiger partial charge in [-0.2, -0.15) is 4.31 Å². The first-order chi connectivity index (χ1) is 16.2. The van der Waals surface area contributed by atoms with Crippen LogP contribution in [0.1, 0.15) is 37.8 Å². The normalized spacial score (nSPS) is 16.6. The molecule has 2 aromatic rings. The van der Waals surface area contributed by atoms with Crippen LogP contribution in [0.15, 0.2) is 47.4 Å². The topological polar surface area (TPSA) is 102 Å². The van der Waals surface area contributed by atoms with Gasteiger partial charge in [0.1, 0.15) is 5.75 Å². The maximum absolute atomic E-state index is 13.2. The SMILES string of the molecule is CCOC(=O)Cc1ccc(NC(=O)[C@H]2CCCN(S(=O)(=O)c3ccc(OCC)c(C)c3)C2)cc1. The molecular formula is C25H32N2O6S. The molecule has 9 heteroatoms. The number of carbonyl (C=O) groups excluding carboxylic acids is 2. The summed E-state index contributed by atoms with van der Waals surface area (Å²) in [4.78, 5) is 24.7. The second-order valence-corrected chi connectivity index (χ2v) is 10.2. The van der Waals surface area contributed by atoms with E-state index in [-0.39, 0.29) is 29.7 Å². The van der Waals surface area contributed by atoms with Crippen molar-refractivity contribution >= 4 is 27.6 Å². The average molecular weight is 489 g/mol. The van der Waals surface area contributed by atoms with Gasteiger partial charge in [0.15, 0.2) is 0 Å². The van der Waals surface area contributed by atoms with Gasteiger partial charge in [0, 0.05) is 18.8 Å². The predicted molar refractivity (Wildman–Crippen MR) is 129 cm³/mol. The van der Waals surface area contributed by atoms with Gasteiger partial charge in [0.25, 0.3) is 0 Å². The van der Waals surface area contributed by atoms with Gasteiger partial charge in [0.05, 0.1) is 30.4 Å². The molecule has 3 rings (SSSR count). The first-order valence-electron chi connectivity index (χ1n) is 11.5. The van der Waals surface area contributed by atoms with Crippen molar-refractivity contribution in [1.29, 1.82) is 0 Å². The van der Waals surface area contributed by atoms with Gasteiger partial charge in [0.2, 0.25) is 15.9 Å². The number of esters is 1. The zero-order chi connectivity index (χ0) is 24.7. The van der Waals surface area contributed by atoms with Crippen LogP contribution in [0.4, 0.5) is 5.69 Å². The van der Waals surface area contributed by atoms with Gasteiger partial charge in [-0.15, -0.1) is 0 Å². The zero-order valence-corrected chi connectivity index (χ0v) is 20.7. The minimum atomic E-state index is -3.72. The molecule has 1 fully saturated rings. The van der Waals surface area contributed by atoms with Gasteiger partial charge in [-0.3, -0.25) is 9.59 Å². The van der Waals surface area contributed by atoms with Crippen LogP contribution in [0, 0.1) is 12.8 Å². The van der Waals surface area contributed by atoms with E-state index in [1.807, 2.05) is 13.8 Å². The first kappa shape index (κ1) is 25.7. The quantitative estimate of drug-likeness (QED) is 0.542. The van der Waals surface area contributed by atoms with E-state index in [1.54, 1.807) is 49.4 Å². The molecule has 0 radical (unpaired) electrons. The minimum Gasteiger partial charge on any atom is -0.494 e. The number of nitrogens with one attached hydrogen (secondary N) is 1. The molecule has 34 heavy (non-hydrogen) atoms. The summed E-state index contributed by atoms with van der Waals surface area (Å²) in [6.45, 7) is 6.79. The maximum atomic E-state index is 13.2. The summed E-state index contributed by atoms with van der Waals surface area (Å²) in [5.74, 6) is -0.316. The Kier molecular flexibility index (Phi) is 8.68. The fraction of sp³-hybridized carbons (Fsp3) is 0.440. The van der Waals surface area contributed by atoms with Crippen molar-refractivity contribution in [2.24, 2.45) is 5.92 Å². The van der Waals surface area contributed by atoms with Crippen molar-refractivity contribution in [3.63, 3.8) is 0 Å². The molecule has 1 aliphatic rings. The van der Waals surface area contributed by atoms with Crippen LogP contribution in [-0.4, -0.2) is 50.9 Å². The zero-order valence-electron chi connectivity index (χ0n) is 19.9. The number of hydrogen-bond acceptors (Lipinski definition) is 6. The molecule has 1 atom stereocenters. The van der Waals surface area contributed by atoms with Crippen molar-refractivity contribution in [3.8, 4) is 5.75 Å². The number of benzene rings is 2. The van der Waals surface area contributed by atoms with E-state index in [2.05, 4.69) is 5.32 Å². The third-order valence-electron chi connectivity index (χ3n) is 5.71. The van der Waals surface area contributed by atoms with Gasteiger partial charge >= 0.3 is 5.97 Å². The molecule has 1 aliphatic heterocycles. The second kappa shape index (κ2) is 11.5. The Morgan fingerprint density at radius 3 is 2.47 bits per heavy atom. The molecule has 184 valence electrons. The molecule has 0 aromatic heterocycles. The summed E-state index contributed by atoms with van der Waals surface area (Å²) < 4.78 is 38.3. The maximum Gasteiger partial charge on any atom is 0.310 e. The highest BCUT2D eigenvalue weighted by Gasteiger charge is 2.33. The van der Waals surface area contributed by atoms with E-state index in [0.29, 0.717) is 44.0 Å². The van der Waals surface area contributed by atoms with Crippen LogP contribution in [0.5, 0.6) is 5.75 Å². The molecule has 1 amide bonds. The van der Waals surface area contributed by atoms with Crippen LogP contribution in [-0.2, 0) is 30.8 Å². The summed E-state index contributed by atoms with van der Waals surface area (Å²) in [6.07, 6.45) is 1.38. The highest BCUT2D eigenvalue weighted by molar-refractivity contribution is 7.89. The number of ether oxygens (including phenoxy) is 2. The van der Waals surface area contributed by atoms with Crippen LogP contribution in [0.3, 0.4) is 0 Å². The largest absolute Gasteiger partial charge is 0.494 e. The van der Waals surface area contributed by atoms with Gasteiger partial charge < -0.3 is 14.8 Å². The fourth-order valence-corrected chi connectivity index (χ4v) is 5.56. The van der Waals surface area contributed by atoms with E-state index in [4.69, 9.17) is 9.47 Å². The Morgan fingerprint density at radius 1 is 1.09 bits per heavy atom. The van der Waals surface area contributed by atoms with Crippen molar-refractivity contribution in [2.45, 2.75) is 44.9 Å². The van der Waals surface area contributed by atoms with Gasteiger partial charge in [-0.05, 0) is 75.1 Å². The number of anilines is 1. The average Bonchev–Trinajstić information content (AvgIpc) is 2.82. The first-order valence-corrected chi connectivity index (χ1v) is 13.0. The second-order valence-electron chi connectivity index (χ2n) is 8.23. The summed E-state index contributed by atoms with van der Waals surface area (Å²) >= 11 is 0. The van der Waals surface area contributed by atoms with E-state index in [9.17, 15) is 18.0 Å². The summed E-state index contributed by atoms with van der Waals surface area (Å²) in [5.41, 5.74) is 2.14. The lowest BCUT2D eigenvalue weighted by molar-refractivity contribution is -0.142. The van der Waals surface area contributed by atoms with Crippen molar-refractivity contribution < 1.29 is 27.5 Å².